The number of piperazine rings is 1. The maximum atomic E-state index is 12.6. The van der Waals surface area contributed by atoms with Gasteiger partial charge in [0.2, 0.25) is 17.6 Å². The fourth-order valence-electron chi connectivity index (χ4n) is 3.46. The molecule has 0 aliphatic carbocycles. The molecule has 4 heterocycles. The molecule has 0 aromatic carbocycles. The van der Waals surface area contributed by atoms with Crippen molar-refractivity contribution in [2.45, 2.75) is 19.4 Å². The van der Waals surface area contributed by atoms with Crippen LogP contribution in [-0.2, 0) is 11.3 Å². The SMILES string of the molecule is Cl.Cl.O=C(C1CCCNC1)N1CCN(Cc2nc(-c3cccs3)no2)CC1. The number of halogens is 2. The summed E-state index contributed by atoms with van der Waals surface area (Å²) in [7, 11) is 0. The van der Waals surface area contributed by atoms with Crippen molar-refractivity contribution in [1.29, 1.82) is 0 Å². The molecule has 0 bridgehead atoms. The summed E-state index contributed by atoms with van der Waals surface area (Å²) >= 11 is 1.60. The molecule has 2 fully saturated rings. The fraction of sp³-hybridized carbons (Fsp3) is 0.588. The third-order valence-electron chi connectivity index (χ3n) is 4.90. The Morgan fingerprint density at radius 3 is 2.78 bits per heavy atom. The van der Waals surface area contributed by atoms with Gasteiger partial charge in [-0.1, -0.05) is 11.2 Å². The van der Waals surface area contributed by atoms with Gasteiger partial charge in [-0.3, -0.25) is 9.69 Å². The Labute approximate surface area is 175 Å². The zero-order valence-electron chi connectivity index (χ0n) is 15.0. The molecule has 7 nitrogen and oxygen atoms in total. The zero-order chi connectivity index (χ0) is 17.1. The molecular formula is C17H25Cl2N5O2S. The Balaban J connectivity index is 0.00000131. The summed E-state index contributed by atoms with van der Waals surface area (Å²) in [6.07, 6.45) is 2.11. The van der Waals surface area contributed by atoms with Gasteiger partial charge in [0.25, 0.3) is 0 Å². The molecule has 2 aliphatic heterocycles. The average Bonchev–Trinajstić information content (AvgIpc) is 3.34. The van der Waals surface area contributed by atoms with E-state index in [1.165, 1.54) is 0 Å². The van der Waals surface area contributed by atoms with Crippen LogP contribution in [0, 0.1) is 5.92 Å². The molecule has 10 heteroatoms. The number of nitrogens with one attached hydrogen (secondary N) is 1. The smallest absolute Gasteiger partial charge is 0.241 e. The molecule has 2 aromatic heterocycles. The summed E-state index contributed by atoms with van der Waals surface area (Å²) < 4.78 is 5.38. The van der Waals surface area contributed by atoms with Crippen molar-refractivity contribution in [2.75, 3.05) is 39.3 Å². The summed E-state index contributed by atoms with van der Waals surface area (Å²) in [6.45, 7) is 5.76. The Bertz CT molecular complexity index is 698. The monoisotopic (exact) mass is 433 g/mol. The molecule has 1 N–H and O–H groups in total. The lowest BCUT2D eigenvalue weighted by Gasteiger charge is -2.36. The van der Waals surface area contributed by atoms with Crippen molar-refractivity contribution in [3.05, 3.63) is 23.4 Å². The predicted octanol–water partition coefficient (Wildman–Crippen LogP) is 2.29. The number of carbonyl (C=O) groups excluding carboxylic acids is 1. The van der Waals surface area contributed by atoms with E-state index >= 15 is 0 Å². The molecule has 150 valence electrons. The number of thiophene rings is 1. The van der Waals surface area contributed by atoms with Crippen LogP contribution >= 0.6 is 36.2 Å². The van der Waals surface area contributed by atoms with Crippen LogP contribution in [0.15, 0.2) is 22.0 Å². The van der Waals surface area contributed by atoms with E-state index in [1.54, 1.807) is 11.3 Å². The maximum absolute atomic E-state index is 12.6. The number of aromatic nitrogens is 2. The highest BCUT2D eigenvalue weighted by Crippen LogP contribution is 2.22. The Hall–Kier alpha value is -1.19. The average molecular weight is 434 g/mol. The Morgan fingerprint density at radius 1 is 1.30 bits per heavy atom. The van der Waals surface area contributed by atoms with E-state index in [0.717, 1.165) is 57.0 Å². The van der Waals surface area contributed by atoms with E-state index in [2.05, 4.69) is 20.4 Å². The lowest BCUT2D eigenvalue weighted by atomic mass is 9.98. The number of amides is 1. The van der Waals surface area contributed by atoms with Crippen molar-refractivity contribution < 1.29 is 9.32 Å². The highest BCUT2D eigenvalue weighted by atomic mass is 35.5. The minimum atomic E-state index is 0. The second-order valence-corrected chi connectivity index (χ2v) is 7.58. The second kappa shape index (κ2) is 10.4. The van der Waals surface area contributed by atoms with Gasteiger partial charge in [-0.25, -0.2) is 0 Å². The molecule has 0 radical (unpaired) electrons. The van der Waals surface area contributed by atoms with Crippen LogP contribution in [0.4, 0.5) is 0 Å². The molecule has 2 aliphatic rings. The van der Waals surface area contributed by atoms with Gasteiger partial charge in [0.15, 0.2) is 0 Å². The standard InChI is InChI=1S/C17H23N5O2S.2ClH/c23-17(13-3-1-5-18-11-13)22-8-6-21(7-9-22)12-15-19-16(20-24-15)14-4-2-10-25-14;;/h2,4,10,13,18H,1,3,5-9,11-12H2;2*1H. The van der Waals surface area contributed by atoms with E-state index in [1.807, 2.05) is 22.4 Å². The molecule has 2 saturated heterocycles. The summed E-state index contributed by atoms with van der Waals surface area (Å²) in [5.41, 5.74) is 0. The molecular weight excluding hydrogens is 409 g/mol. The van der Waals surface area contributed by atoms with Crippen LogP contribution in [-0.4, -0.2) is 65.1 Å². The lowest BCUT2D eigenvalue weighted by Crippen LogP contribution is -2.51. The predicted molar refractivity (Wildman–Crippen MR) is 110 cm³/mol. The summed E-state index contributed by atoms with van der Waals surface area (Å²) in [5, 5.41) is 9.38. The van der Waals surface area contributed by atoms with Gasteiger partial charge in [0.05, 0.1) is 17.3 Å². The number of rotatable bonds is 4. The molecule has 0 spiro atoms. The van der Waals surface area contributed by atoms with Crippen LogP contribution in [0.2, 0.25) is 0 Å². The van der Waals surface area contributed by atoms with E-state index in [9.17, 15) is 4.79 Å². The highest BCUT2D eigenvalue weighted by Gasteiger charge is 2.28. The van der Waals surface area contributed by atoms with Crippen LogP contribution in [0.3, 0.4) is 0 Å². The van der Waals surface area contributed by atoms with Crippen molar-refractivity contribution in [1.82, 2.24) is 25.3 Å². The zero-order valence-corrected chi connectivity index (χ0v) is 17.5. The minimum absolute atomic E-state index is 0. The third-order valence-corrected chi connectivity index (χ3v) is 5.76. The van der Waals surface area contributed by atoms with Gasteiger partial charge in [-0.05, 0) is 30.8 Å². The first kappa shape index (κ1) is 22.1. The van der Waals surface area contributed by atoms with E-state index in [-0.39, 0.29) is 30.7 Å². The minimum Gasteiger partial charge on any atom is -0.340 e. The van der Waals surface area contributed by atoms with E-state index in [0.29, 0.717) is 24.2 Å². The molecule has 0 saturated carbocycles. The number of nitrogens with zero attached hydrogens (tertiary/aromatic N) is 4. The van der Waals surface area contributed by atoms with Gasteiger partial charge >= 0.3 is 0 Å². The van der Waals surface area contributed by atoms with Gasteiger partial charge in [0, 0.05) is 32.7 Å². The van der Waals surface area contributed by atoms with Crippen molar-refractivity contribution in [3.63, 3.8) is 0 Å². The van der Waals surface area contributed by atoms with Crippen LogP contribution in [0.5, 0.6) is 0 Å². The Kier molecular flexibility index (Phi) is 8.50. The third kappa shape index (κ3) is 5.42. The van der Waals surface area contributed by atoms with Gasteiger partial charge < -0.3 is 14.7 Å². The Morgan fingerprint density at radius 2 is 2.11 bits per heavy atom. The lowest BCUT2D eigenvalue weighted by molar-refractivity contribution is -0.138. The molecule has 1 atom stereocenters. The maximum Gasteiger partial charge on any atom is 0.241 e. The van der Waals surface area contributed by atoms with Crippen molar-refractivity contribution >= 4 is 42.1 Å². The number of piperidine rings is 1. The van der Waals surface area contributed by atoms with Gasteiger partial charge in [-0.2, -0.15) is 4.98 Å². The molecule has 2 aromatic rings. The first-order chi connectivity index (χ1) is 12.3. The number of hydrogen-bond donors (Lipinski definition) is 1. The van der Waals surface area contributed by atoms with Crippen molar-refractivity contribution in [2.24, 2.45) is 5.92 Å². The quantitative estimate of drug-likeness (QED) is 0.796. The van der Waals surface area contributed by atoms with Crippen LogP contribution < -0.4 is 5.32 Å². The first-order valence-corrected chi connectivity index (χ1v) is 9.76. The van der Waals surface area contributed by atoms with Gasteiger partial charge in [-0.15, -0.1) is 36.2 Å². The molecule has 4 rings (SSSR count). The molecule has 1 amide bonds. The largest absolute Gasteiger partial charge is 0.340 e. The highest BCUT2D eigenvalue weighted by molar-refractivity contribution is 7.13. The summed E-state index contributed by atoms with van der Waals surface area (Å²) in [4.78, 5) is 22.4. The normalized spacial score (nSPS) is 20.6. The summed E-state index contributed by atoms with van der Waals surface area (Å²) in [6, 6.07) is 3.97. The van der Waals surface area contributed by atoms with Crippen molar-refractivity contribution in [3.8, 4) is 10.7 Å². The fourth-order valence-corrected chi connectivity index (χ4v) is 4.11. The molecule has 27 heavy (non-hydrogen) atoms. The number of hydrogen-bond acceptors (Lipinski definition) is 7. The van der Waals surface area contributed by atoms with Gasteiger partial charge in [0.1, 0.15) is 0 Å². The van der Waals surface area contributed by atoms with E-state index in [4.69, 9.17) is 4.52 Å². The molecule has 1 unspecified atom stereocenters. The van der Waals surface area contributed by atoms with E-state index < -0.39 is 0 Å². The van der Waals surface area contributed by atoms with Crippen LogP contribution in [0.1, 0.15) is 18.7 Å². The first-order valence-electron chi connectivity index (χ1n) is 8.88. The van der Waals surface area contributed by atoms with Crippen LogP contribution in [0.25, 0.3) is 10.7 Å². The summed E-state index contributed by atoms with van der Waals surface area (Å²) in [5.74, 6) is 1.76. The second-order valence-electron chi connectivity index (χ2n) is 6.63. The number of carbonyl (C=O) groups is 1. The topological polar surface area (TPSA) is 74.5 Å².